The van der Waals surface area contributed by atoms with E-state index in [-0.39, 0.29) is 5.41 Å². The SMILES string of the molecule is CCC(CC)(c1ccccc1)C(O)c1ccnn1C. The Morgan fingerprint density at radius 1 is 1.16 bits per heavy atom. The molecule has 2 aromatic rings. The summed E-state index contributed by atoms with van der Waals surface area (Å²) in [6.07, 6.45) is 2.97. The van der Waals surface area contributed by atoms with Gasteiger partial charge in [0.1, 0.15) is 6.10 Å². The number of aliphatic hydroxyl groups excluding tert-OH is 1. The van der Waals surface area contributed by atoms with Crippen LogP contribution in [0.15, 0.2) is 42.6 Å². The molecule has 0 radical (unpaired) electrons. The number of hydrogen-bond acceptors (Lipinski definition) is 2. The van der Waals surface area contributed by atoms with Crippen molar-refractivity contribution in [2.45, 2.75) is 38.2 Å². The highest BCUT2D eigenvalue weighted by molar-refractivity contribution is 5.29. The minimum atomic E-state index is -0.544. The van der Waals surface area contributed by atoms with Crippen molar-refractivity contribution in [1.82, 2.24) is 9.78 Å². The van der Waals surface area contributed by atoms with Gasteiger partial charge in [-0.15, -0.1) is 0 Å². The molecule has 3 nitrogen and oxygen atoms in total. The predicted octanol–water partition coefficient (Wildman–Crippen LogP) is 3.21. The lowest BCUT2D eigenvalue weighted by molar-refractivity contribution is 0.0656. The van der Waals surface area contributed by atoms with Gasteiger partial charge in [-0.05, 0) is 24.5 Å². The molecule has 0 saturated carbocycles. The Labute approximate surface area is 114 Å². The Balaban J connectivity index is 2.48. The molecule has 1 N–H and O–H groups in total. The van der Waals surface area contributed by atoms with Crippen molar-refractivity contribution in [1.29, 1.82) is 0 Å². The number of benzene rings is 1. The van der Waals surface area contributed by atoms with Gasteiger partial charge in [0.2, 0.25) is 0 Å². The lowest BCUT2D eigenvalue weighted by Crippen LogP contribution is -2.33. The third-order valence-electron chi connectivity index (χ3n) is 4.27. The van der Waals surface area contributed by atoms with Gasteiger partial charge in [0.15, 0.2) is 0 Å². The Morgan fingerprint density at radius 2 is 1.79 bits per heavy atom. The van der Waals surface area contributed by atoms with E-state index < -0.39 is 6.10 Å². The first-order chi connectivity index (χ1) is 9.15. The lowest BCUT2D eigenvalue weighted by Gasteiger charge is -2.37. The average molecular weight is 258 g/mol. The number of nitrogens with zero attached hydrogens (tertiary/aromatic N) is 2. The molecule has 0 aliphatic rings. The summed E-state index contributed by atoms with van der Waals surface area (Å²) in [6, 6.07) is 12.2. The van der Waals surface area contributed by atoms with Gasteiger partial charge in [0.05, 0.1) is 5.69 Å². The van der Waals surface area contributed by atoms with Crippen LogP contribution < -0.4 is 0 Å². The molecule has 19 heavy (non-hydrogen) atoms. The smallest absolute Gasteiger partial charge is 0.105 e. The number of rotatable bonds is 5. The van der Waals surface area contributed by atoms with Gasteiger partial charge in [-0.2, -0.15) is 5.10 Å². The maximum absolute atomic E-state index is 10.9. The Morgan fingerprint density at radius 3 is 2.26 bits per heavy atom. The predicted molar refractivity (Wildman–Crippen MR) is 76.9 cm³/mol. The van der Waals surface area contributed by atoms with Gasteiger partial charge >= 0.3 is 0 Å². The van der Waals surface area contributed by atoms with E-state index in [1.807, 2.05) is 31.3 Å². The molecule has 0 amide bonds. The molecular formula is C16H22N2O. The maximum atomic E-state index is 10.9. The Kier molecular flexibility index (Phi) is 4.05. The van der Waals surface area contributed by atoms with Crippen molar-refractivity contribution in [3.8, 4) is 0 Å². The summed E-state index contributed by atoms with van der Waals surface area (Å²) in [7, 11) is 1.87. The molecule has 2 rings (SSSR count). The van der Waals surface area contributed by atoms with E-state index in [0.29, 0.717) is 0 Å². The number of aryl methyl sites for hydroxylation is 1. The fraction of sp³-hybridized carbons (Fsp3) is 0.438. The molecule has 0 fully saturated rings. The van der Waals surface area contributed by atoms with E-state index in [2.05, 4.69) is 31.1 Å². The van der Waals surface area contributed by atoms with E-state index in [1.165, 1.54) is 5.56 Å². The van der Waals surface area contributed by atoms with Crippen LogP contribution in [0, 0.1) is 0 Å². The zero-order chi connectivity index (χ0) is 13.9. The van der Waals surface area contributed by atoms with E-state index in [4.69, 9.17) is 0 Å². The van der Waals surface area contributed by atoms with Crippen LogP contribution in [0.3, 0.4) is 0 Å². The van der Waals surface area contributed by atoms with E-state index in [0.717, 1.165) is 18.5 Å². The standard InChI is InChI=1S/C16H22N2O/c1-4-16(5-2,13-9-7-6-8-10-13)15(19)14-11-12-17-18(14)3/h6-12,15,19H,4-5H2,1-3H3. The molecule has 1 aromatic heterocycles. The first-order valence-corrected chi connectivity index (χ1v) is 6.87. The summed E-state index contributed by atoms with van der Waals surface area (Å²) < 4.78 is 1.76. The van der Waals surface area contributed by atoms with Gasteiger partial charge in [-0.25, -0.2) is 0 Å². The number of aromatic nitrogens is 2. The zero-order valence-electron chi connectivity index (χ0n) is 11.9. The summed E-state index contributed by atoms with van der Waals surface area (Å²) in [5, 5.41) is 15.1. The van der Waals surface area contributed by atoms with Gasteiger partial charge in [-0.1, -0.05) is 44.2 Å². The third kappa shape index (κ3) is 2.30. The second kappa shape index (κ2) is 5.57. The minimum absolute atomic E-state index is 0.255. The molecule has 102 valence electrons. The molecule has 1 aromatic carbocycles. The average Bonchev–Trinajstić information content (AvgIpc) is 2.88. The topological polar surface area (TPSA) is 38.1 Å². The van der Waals surface area contributed by atoms with Crippen LogP contribution in [-0.2, 0) is 12.5 Å². The van der Waals surface area contributed by atoms with Crippen LogP contribution in [0.1, 0.15) is 44.1 Å². The summed E-state index contributed by atoms with van der Waals surface area (Å²) >= 11 is 0. The normalized spacial score (nSPS) is 13.5. The first kappa shape index (κ1) is 13.8. The number of hydrogen-bond donors (Lipinski definition) is 1. The quantitative estimate of drug-likeness (QED) is 0.894. The second-order valence-electron chi connectivity index (χ2n) is 5.01. The third-order valence-corrected chi connectivity index (χ3v) is 4.27. The van der Waals surface area contributed by atoms with Crippen LogP contribution in [0.4, 0.5) is 0 Å². The fourth-order valence-electron chi connectivity index (χ4n) is 2.91. The summed E-state index contributed by atoms with van der Waals surface area (Å²) in [4.78, 5) is 0. The van der Waals surface area contributed by atoms with Crippen LogP contribution >= 0.6 is 0 Å². The molecule has 0 aliphatic heterocycles. The summed E-state index contributed by atoms with van der Waals surface area (Å²) in [5.74, 6) is 0. The summed E-state index contributed by atoms with van der Waals surface area (Å²) in [6.45, 7) is 4.27. The van der Waals surface area contributed by atoms with Crippen molar-refractivity contribution in [3.63, 3.8) is 0 Å². The monoisotopic (exact) mass is 258 g/mol. The molecule has 0 spiro atoms. The second-order valence-corrected chi connectivity index (χ2v) is 5.01. The molecule has 1 atom stereocenters. The van der Waals surface area contributed by atoms with Crippen molar-refractivity contribution < 1.29 is 5.11 Å². The van der Waals surface area contributed by atoms with Gasteiger partial charge in [0, 0.05) is 18.7 Å². The molecule has 0 aliphatic carbocycles. The van der Waals surface area contributed by atoms with E-state index in [9.17, 15) is 5.11 Å². The van der Waals surface area contributed by atoms with Crippen LogP contribution in [-0.4, -0.2) is 14.9 Å². The van der Waals surface area contributed by atoms with E-state index in [1.54, 1.807) is 10.9 Å². The van der Waals surface area contributed by atoms with Crippen LogP contribution in [0.25, 0.3) is 0 Å². The van der Waals surface area contributed by atoms with Crippen molar-refractivity contribution in [2.24, 2.45) is 7.05 Å². The van der Waals surface area contributed by atoms with Crippen molar-refractivity contribution in [2.75, 3.05) is 0 Å². The minimum Gasteiger partial charge on any atom is -0.386 e. The number of aliphatic hydroxyl groups is 1. The van der Waals surface area contributed by atoms with Gasteiger partial charge < -0.3 is 5.11 Å². The summed E-state index contributed by atoms with van der Waals surface area (Å²) in [5.41, 5.74) is 1.80. The highest BCUT2D eigenvalue weighted by Gasteiger charge is 2.38. The fourth-order valence-corrected chi connectivity index (χ4v) is 2.91. The van der Waals surface area contributed by atoms with Gasteiger partial charge in [0.25, 0.3) is 0 Å². The molecule has 3 heteroatoms. The maximum Gasteiger partial charge on any atom is 0.105 e. The molecular weight excluding hydrogens is 236 g/mol. The lowest BCUT2D eigenvalue weighted by atomic mass is 9.70. The van der Waals surface area contributed by atoms with Crippen LogP contribution in [0.5, 0.6) is 0 Å². The zero-order valence-corrected chi connectivity index (χ0v) is 11.9. The van der Waals surface area contributed by atoms with E-state index >= 15 is 0 Å². The highest BCUT2D eigenvalue weighted by atomic mass is 16.3. The Hall–Kier alpha value is -1.61. The Bertz CT molecular complexity index is 515. The molecule has 1 heterocycles. The van der Waals surface area contributed by atoms with Crippen molar-refractivity contribution in [3.05, 3.63) is 53.9 Å². The molecule has 0 bridgehead atoms. The van der Waals surface area contributed by atoms with Crippen LogP contribution in [0.2, 0.25) is 0 Å². The van der Waals surface area contributed by atoms with Gasteiger partial charge in [-0.3, -0.25) is 4.68 Å². The highest BCUT2D eigenvalue weighted by Crippen LogP contribution is 2.42. The first-order valence-electron chi connectivity index (χ1n) is 6.87. The largest absolute Gasteiger partial charge is 0.386 e. The van der Waals surface area contributed by atoms with Crippen molar-refractivity contribution >= 4 is 0 Å². The molecule has 0 saturated heterocycles. The molecule has 1 unspecified atom stereocenters.